The number of nitriles is 1. The summed E-state index contributed by atoms with van der Waals surface area (Å²) in [5.74, 6) is -1.31. The number of H-pyrrole nitrogens is 1. The minimum Gasteiger partial charge on any atom is -0.507 e. The minimum absolute atomic E-state index is 0.129. The van der Waals surface area contributed by atoms with E-state index in [9.17, 15) is 23.6 Å². The van der Waals surface area contributed by atoms with E-state index in [1.807, 2.05) is 6.07 Å². The number of nitrogens with one attached hydrogen (secondary N) is 2. The summed E-state index contributed by atoms with van der Waals surface area (Å²) < 4.78 is 30.8. The van der Waals surface area contributed by atoms with Gasteiger partial charge in [0.1, 0.15) is 24.8 Å². The average molecular weight is 438 g/mol. The zero-order valence-electron chi connectivity index (χ0n) is 16.1. The molecule has 0 amide bonds. The van der Waals surface area contributed by atoms with Crippen LogP contribution in [-0.2, 0) is 19.6 Å². The Labute approximate surface area is 178 Å². The number of rotatable bonds is 8. The van der Waals surface area contributed by atoms with Crippen LogP contribution in [0, 0.1) is 11.3 Å². The number of benzene rings is 2. The number of allylic oxidation sites excluding steroid dienone is 1. The van der Waals surface area contributed by atoms with Crippen LogP contribution in [0.2, 0.25) is 0 Å². The Hall–Kier alpha value is -3.94. The number of hydrogen-bond acceptors (Lipinski definition) is 7. The summed E-state index contributed by atoms with van der Waals surface area (Å²) in [5.41, 5.74) is 1.77. The van der Waals surface area contributed by atoms with Crippen molar-refractivity contribution in [1.29, 1.82) is 5.26 Å². The fourth-order valence-electron chi connectivity index (χ4n) is 2.54. The Bertz CT molecular complexity index is 1260. The van der Waals surface area contributed by atoms with Gasteiger partial charge in [-0.2, -0.15) is 5.26 Å². The summed E-state index contributed by atoms with van der Waals surface area (Å²) in [6, 6.07) is 17.7. The summed E-state index contributed by atoms with van der Waals surface area (Å²) in [7, 11) is -3.87. The topological polar surface area (TPSA) is 145 Å². The first-order valence-electron chi connectivity index (χ1n) is 9.04. The predicted octanol–water partition coefficient (Wildman–Crippen LogP) is 2.49. The van der Waals surface area contributed by atoms with E-state index in [1.165, 1.54) is 6.08 Å². The monoisotopic (exact) mass is 438 g/mol. The number of nitrogens with zero attached hydrogens (tertiary/aromatic N) is 2. The number of aromatic amines is 1. The first-order chi connectivity index (χ1) is 14.9. The maximum atomic E-state index is 12.0. The van der Waals surface area contributed by atoms with Crippen LogP contribution in [0.25, 0.3) is 22.7 Å². The average Bonchev–Trinajstić information content (AvgIpc) is 3.20. The van der Waals surface area contributed by atoms with Gasteiger partial charge in [-0.3, -0.25) is 4.79 Å². The largest absolute Gasteiger partial charge is 0.507 e. The lowest BCUT2D eigenvalue weighted by Crippen LogP contribution is -2.29. The van der Waals surface area contributed by atoms with Crippen LogP contribution in [0.3, 0.4) is 0 Å². The lowest BCUT2D eigenvalue weighted by atomic mass is 10.2. The van der Waals surface area contributed by atoms with Gasteiger partial charge in [0.05, 0.1) is 11.0 Å². The van der Waals surface area contributed by atoms with E-state index in [0.717, 1.165) is 5.41 Å². The molecule has 31 heavy (non-hydrogen) atoms. The molecule has 0 atom stereocenters. The fourth-order valence-corrected chi connectivity index (χ4v) is 3.29. The van der Waals surface area contributed by atoms with E-state index in [2.05, 4.69) is 14.7 Å². The second kappa shape index (κ2) is 9.71. The second-order valence-electron chi connectivity index (χ2n) is 6.28. The van der Waals surface area contributed by atoms with Gasteiger partial charge in [0.2, 0.25) is 10.0 Å². The summed E-state index contributed by atoms with van der Waals surface area (Å²) in [6.45, 7) is -1.25. The molecule has 1 aromatic heterocycles. The van der Waals surface area contributed by atoms with E-state index in [4.69, 9.17) is 4.74 Å². The summed E-state index contributed by atoms with van der Waals surface area (Å²) in [5, 5.41) is 20.4. The van der Waals surface area contributed by atoms with E-state index in [1.54, 1.807) is 54.6 Å². The van der Waals surface area contributed by atoms with Gasteiger partial charge >= 0.3 is 5.97 Å². The normalized spacial score (nSPS) is 12.5. The van der Waals surface area contributed by atoms with Gasteiger partial charge in [-0.15, -0.1) is 0 Å². The van der Waals surface area contributed by atoms with Gasteiger partial charge in [0, 0.05) is 5.41 Å². The quantitative estimate of drug-likeness (QED) is 0.278. The molecular formula is C21H18N4O5S. The molecule has 0 unspecified atom stereocenters. The van der Waals surface area contributed by atoms with E-state index in [0.29, 0.717) is 16.6 Å². The minimum atomic E-state index is -3.87. The van der Waals surface area contributed by atoms with Crippen molar-refractivity contribution in [2.24, 2.45) is 0 Å². The third-order valence-electron chi connectivity index (χ3n) is 4.05. The molecule has 0 aliphatic carbocycles. The first kappa shape index (κ1) is 21.8. The highest BCUT2D eigenvalue weighted by molar-refractivity contribution is 7.92. The Morgan fingerprint density at radius 3 is 2.61 bits per heavy atom. The fraction of sp³-hybridized carbons (Fsp3) is 0.0952. The molecule has 1 heterocycles. The van der Waals surface area contributed by atoms with E-state index >= 15 is 0 Å². The van der Waals surface area contributed by atoms with Crippen LogP contribution in [0.5, 0.6) is 0 Å². The Morgan fingerprint density at radius 2 is 1.90 bits per heavy atom. The number of carbonyl (C=O) groups is 1. The molecule has 10 heteroatoms. The molecule has 2 aromatic carbocycles. The van der Waals surface area contributed by atoms with Crippen LogP contribution in [-0.4, -0.2) is 42.6 Å². The molecule has 0 radical (unpaired) electrons. The zero-order chi connectivity index (χ0) is 22.3. The number of sulfonamides is 1. The van der Waals surface area contributed by atoms with Crippen molar-refractivity contribution in [3.05, 3.63) is 77.2 Å². The van der Waals surface area contributed by atoms with E-state index < -0.39 is 34.9 Å². The van der Waals surface area contributed by atoms with Crippen molar-refractivity contribution in [3.8, 4) is 6.07 Å². The summed E-state index contributed by atoms with van der Waals surface area (Å²) in [4.78, 5) is 19.0. The molecular weight excluding hydrogens is 420 g/mol. The highest BCUT2D eigenvalue weighted by atomic mass is 32.2. The second-order valence-corrected chi connectivity index (χ2v) is 7.93. The highest BCUT2D eigenvalue weighted by Gasteiger charge is 2.16. The van der Waals surface area contributed by atoms with Crippen molar-refractivity contribution >= 4 is 38.7 Å². The molecule has 158 valence electrons. The van der Waals surface area contributed by atoms with Crippen LogP contribution < -0.4 is 4.72 Å². The third kappa shape index (κ3) is 6.02. The molecule has 0 saturated carbocycles. The summed E-state index contributed by atoms with van der Waals surface area (Å²) >= 11 is 0. The van der Waals surface area contributed by atoms with Gasteiger partial charge in [0.15, 0.2) is 11.6 Å². The van der Waals surface area contributed by atoms with Gasteiger partial charge < -0.3 is 14.8 Å². The number of aliphatic hydroxyl groups is 1. The molecule has 9 nitrogen and oxygen atoms in total. The van der Waals surface area contributed by atoms with Crippen LogP contribution in [0.1, 0.15) is 11.4 Å². The molecule has 0 saturated heterocycles. The molecule has 3 rings (SSSR count). The van der Waals surface area contributed by atoms with Crippen molar-refractivity contribution in [1.82, 2.24) is 14.7 Å². The number of hydrogen-bond donors (Lipinski definition) is 3. The highest BCUT2D eigenvalue weighted by Crippen LogP contribution is 2.18. The van der Waals surface area contributed by atoms with Gasteiger partial charge in [0.25, 0.3) is 0 Å². The number of esters is 1. The summed E-state index contributed by atoms with van der Waals surface area (Å²) in [6.07, 6.45) is 1.38. The maximum Gasteiger partial charge on any atom is 0.321 e. The van der Waals surface area contributed by atoms with E-state index in [-0.39, 0.29) is 11.4 Å². The Kier molecular flexibility index (Phi) is 6.81. The van der Waals surface area contributed by atoms with Crippen molar-refractivity contribution < 1.29 is 23.1 Å². The molecule has 3 aromatic rings. The van der Waals surface area contributed by atoms with Gasteiger partial charge in [-0.05, 0) is 23.8 Å². The lowest BCUT2D eigenvalue weighted by Gasteiger charge is -2.06. The van der Waals surface area contributed by atoms with Crippen LogP contribution >= 0.6 is 0 Å². The molecule has 0 bridgehead atoms. The number of carbonyl (C=O) groups excluding carboxylic acids is 1. The number of imidazole rings is 1. The SMILES string of the molecule is N#C/C(=C(/O)COC(=O)CNS(=O)(=O)C=Cc1ccccc1)c1nc2ccccc2[nH]1. The predicted molar refractivity (Wildman–Crippen MR) is 115 cm³/mol. The Balaban J connectivity index is 1.57. The molecule has 3 N–H and O–H groups in total. The Morgan fingerprint density at radius 1 is 1.19 bits per heavy atom. The third-order valence-corrected chi connectivity index (χ3v) is 5.09. The molecule has 0 aliphatic heterocycles. The maximum absolute atomic E-state index is 12.0. The molecule has 0 fully saturated rings. The molecule has 0 spiro atoms. The number of ether oxygens (including phenoxy) is 1. The number of para-hydroxylation sites is 2. The van der Waals surface area contributed by atoms with Crippen LogP contribution in [0.15, 0.2) is 65.8 Å². The number of aliphatic hydroxyl groups excluding tert-OH is 1. The standard InChI is InChI=1S/C21H18N4O5S/c22-12-16(21-24-17-8-4-5-9-18(17)25-21)19(26)14-30-20(27)13-23-31(28,29)11-10-15-6-2-1-3-7-15/h1-11,23,26H,13-14H2,(H,24,25)/b11-10?,19-16-. The van der Waals surface area contributed by atoms with Crippen LogP contribution in [0.4, 0.5) is 0 Å². The smallest absolute Gasteiger partial charge is 0.321 e. The number of fused-ring (bicyclic) bond motifs is 1. The van der Waals surface area contributed by atoms with Crippen molar-refractivity contribution in [2.75, 3.05) is 13.2 Å². The zero-order valence-corrected chi connectivity index (χ0v) is 17.0. The molecule has 0 aliphatic rings. The van der Waals surface area contributed by atoms with Gasteiger partial charge in [-0.1, -0.05) is 42.5 Å². The van der Waals surface area contributed by atoms with Gasteiger partial charge in [-0.25, -0.2) is 18.1 Å². The number of aromatic nitrogens is 2. The first-order valence-corrected chi connectivity index (χ1v) is 10.6. The lowest BCUT2D eigenvalue weighted by molar-refractivity contribution is -0.141. The van der Waals surface area contributed by atoms with Crippen molar-refractivity contribution in [3.63, 3.8) is 0 Å². The van der Waals surface area contributed by atoms with Crippen molar-refractivity contribution in [2.45, 2.75) is 0 Å².